The van der Waals surface area contributed by atoms with Gasteiger partial charge in [0.05, 0.1) is 13.1 Å². The third kappa shape index (κ3) is 3.62. The van der Waals surface area contributed by atoms with Gasteiger partial charge < -0.3 is 20.6 Å². The van der Waals surface area contributed by atoms with Crippen molar-refractivity contribution in [3.05, 3.63) is 18.5 Å². The molecule has 1 saturated heterocycles. The summed E-state index contributed by atoms with van der Waals surface area (Å²) in [7, 11) is 1.71. The van der Waals surface area contributed by atoms with Crippen molar-refractivity contribution in [1.82, 2.24) is 20.6 Å². The van der Waals surface area contributed by atoms with Gasteiger partial charge in [-0.25, -0.2) is 9.97 Å². The van der Waals surface area contributed by atoms with Gasteiger partial charge in [0, 0.05) is 25.5 Å². The molecule has 0 aromatic carbocycles. The average molecular weight is 265 g/mol. The molecule has 7 nitrogen and oxygen atoms in total. The number of carbonyl (C=O) groups is 1. The first-order chi connectivity index (χ1) is 9.13. The number of carbonyl (C=O) groups excluding carboxylic acids is 1. The Labute approximate surface area is 112 Å². The number of likely N-dealkylation sites (N-methyl/N-ethyl adjacent to an activating group) is 1. The molecule has 1 aliphatic rings. The second-order valence-electron chi connectivity index (χ2n) is 4.75. The fraction of sp³-hybridized carbons (Fsp3) is 0.583. The van der Waals surface area contributed by atoms with E-state index in [2.05, 4.69) is 20.6 Å². The number of aromatic nitrogens is 2. The zero-order valence-electron chi connectivity index (χ0n) is 11.0. The fourth-order valence-corrected chi connectivity index (χ4v) is 2.11. The molecule has 1 aromatic rings. The van der Waals surface area contributed by atoms with Gasteiger partial charge in [-0.05, 0) is 19.5 Å². The van der Waals surface area contributed by atoms with Gasteiger partial charge in [0.2, 0.25) is 11.9 Å². The fourth-order valence-electron chi connectivity index (χ4n) is 2.11. The van der Waals surface area contributed by atoms with Gasteiger partial charge in [-0.2, -0.15) is 0 Å². The number of anilines is 1. The number of nitrogens with one attached hydrogen (secondary N) is 2. The molecule has 104 valence electrons. The molecule has 0 radical (unpaired) electrons. The molecule has 1 aromatic heterocycles. The number of nitrogens with zero attached hydrogens (tertiary/aromatic N) is 3. The minimum atomic E-state index is -0.914. The van der Waals surface area contributed by atoms with Crippen molar-refractivity contribution in [2.45, 2.75) is 12.0 Å². The predicted octanol–water partition coefficient (Wildman–Crippen LogP) is -1.25. The Morgan fingerprint density at radius 3 is 2.95 bits per heavy atom. The molecule has 0 bridgehead atoms. The summed E-state index contributed by atoms with van der Waals surface area (Å²) in [5, 5.41) is 15.9. The maximum atomic E-state index is 11.4. The summed E-state index contributed by atoms with van der Waals surface area (Å²) in [5.41, 5.74) is -0.914. The van der Waals surface area contributed by atoms with Crippen LogP contribution in [-0.4, -0.2) is 59.8 Å². The lowest BCUT2D eigenvalue weighted by Gasteiger charge is -2.23. The molecule has 2 rings (SSSR count). The first-order valence-electron chi connectivity index (χ1n) is 6.29. The summed E-state index contributed by atoms with van der Waals surface area (Å²) in [6, 6.07) is 1.75. The van der Waals surface area contributed by atoms with Crippen molar-refractivity contribution < 1.29 is 9.90 Å². The Bertz CT molecular complexity index is 427. The molecule has 0 saturated carbocycles. The highest BCUT2D eigenvalue weighted by molar-refractivity contribution is 5.78. The summed E-state index contributed by atoms with van der Waals surface area (Å²) in [6.45, 7) is 1.61. The average Bonchev–Trinajstić information content (AvgIpc) is 2.81. The molecule has 1 atom stereocenters. The second-order valence-corrected chi connectivity index (χ2v) is 4.75. The highest BCUT2D eigenvalue weighted by Gasteiger charge is 2.37. The molecule has 1 amide bonds. The number of amides is 1. The van der Waals surface area contributed by atoms with E-state index in [1.54, 1.807) is 25.5 Å². The third-order valence-corrected chi connectivity index (χ3v) is 3.12. The molecule has 0 spiro atoms. The highest BCUT2D eigenvalue weighted by Crippen LogP contribution is 2.23. The lowest BCUT2D eigenvalue weighted by atomic mass is 10.0. The second kappa shape index (κ2) is 5.94. The van der Waals surface area contributed by atoms with Crippen molar-refractivity contribution in [3.63, 3.8) is 0 Å². The normalized spacial score (nSPS) is 22.5. The standard InChI is InChI=1S/C12H19N5O2/c1-13-7-10(18)16-8-12(19)3-6-17(9-12)11-14-4-2-5-15-11/h2,4-5,13,19H,3,6-9H2,1H3,(H,16,18). The maximum Gasteiger partial charge on any atom is 0.234 e. The van der Waals surface area contributed by atoms with Crippen molar-refractivity contribution in [2.24, 2.45) is 0 Å². The molecule has 0 aliphatic carbocycles. The van der Waals surface area contributed by atoms with Crippen LogP contribution in [0.2, 0.25) is 0 Å². The molecule has 19 heavy (non-hydrogen) atoms. The van der Waals surface area contributed by atoms with Crippen LogP contribution in [0.25, 0.3) is 0 Å². The summed E-state index contributed by atoms with van der Waals surface area (Å²) < 4.78 is 0. The minimum absolute atomic E-state index is 0.120. The SMILES string of the molecule is CNCC(=O)NCC1(O)CCN(c2ncccn2)C1. The van der Waals surface area contributed by atoms with Crippen molar-refractivity contribution in [3.8, 4) is 0 Å². The maximum absolute atomic E-state index is 11.4. The molecular weight excluding hydrogens is 246 g/mol. The number of β-amino-alcohol motifs (C(OH)–C–C–N with tert-alkyl or cyclic N) is 1. The smallest absolute Gasteiger partial charge is 0.234 e. The van der Waals surface area contributed by atoms with Gasteiger partial charge in [-0.3, -0.25) is 4.79 Å². The molecule has 1 aliphatic heterocycles. The molecule has 7 heteroatoms. The topological polar surface area (TPSA) is 90.4 Å². The Morgan fingerprint density at radius 1 is 1.53 bits per heavy atom. The van der Waals surface area contributed by atoms with Gasteiger partial charge in [-0.15, -0.1) is 0 Å². The van der Waals surface area contributed by atoms with Crippen LogP contribution in [0.3, 0.4) is 0 Å². The lowest BCUT2D eigenvalue weighted by Crippen LogP contribution is -2.46. The minimum Gasteiger partial charge on any atom is -0.386 e. The van der Waals surface area contributed by atoms with Crippen LogP contribution >= 0.6 is 0 Å². The largest absolute Gasteiger partial charge is 0.386 e. The summed E-state index contributed by atoms with van der Waals surface area (Å²) in [4.78, 5) is 21.6. The van der Waals surface area contributed by atoms with Crippen LogP contribution in [0, 0.1) is 0 Å². The van der Waals surface area contributed by atoms with Gasteiger partial charge in [0.25, 0.3) is 0 Å². The van der Waals surface area contributed by atoms with Gasteiger partial charge in [0.15, 0.2) is 0 Å². The number of rotatable bonds is 5. The monoisotopic (exact) mass is 265 g/mol. The van der Waals surface area contributed by atoms with E-state index in [4.69, 9.17) is 0 Å². The predicted molar refractivity (Wildman–Crippen MR) is 70.7 cm³/mol. The number of aliphatic hydroxyl groups is 1. The van der Waals surface area contributed by atoms with Gasteiger partial charge in [-0.1, -0.05) is 0 Å². The van der Waals surface area contributed by atoms with Gasteiger partial charge >= 0.3 is 0 Å². The first kappa shape index (κ1) is 13.7. The van der Waals surface area contributed by atoms with E-state index in [9.17, 15) is 9.90 Å². The van der Waals surface area contributed by atoms with E-state index in [0.717, 1.165) is 0 Å². The van der Waals surface area contributed by atoms with Crippen molar-refractivity contribution >= 4 is 11.9 Å². The summed E-state index contributed by atoms with van der Waals surface area (Å²) in [5.74, 6) is 0.491. The first-order valence-corrected chi connectivity index (χ1v) is 6.29. The quantitative estimate of drug-likeness (QED) is 0.616. The van der Waals surface area contributed by atoms with Crippen LogP contribution in [0.5, 0.6) is 0 Å². The molecule has 1 unspecified atom stereocenters. The van der Waals surface area contributed by atoms with E-state index in [-0.39, 0.29) is 19.0 Å². The molecule has 3 N–H and O–H groups in total. The lowest BCUT2D eigenvalue weighted by molar-refractivity contribution is -0.121. The Balaban J connectivity index is 1.88. The van der Waals surface area contributed by atoms with Crippen LogP contribution in [0.15, 0.2) is 18.5 Å². The van der Waals surface area contributed by atoms with Crippen LogP contribution < -0.4 is 15.5 Å². The van der Waals surface area contributed by atoms with Crippen molar-refractivity contribution in [2.75, 3.05) is 38.1 Å². The molecule has 1 fully saturated rings. The summed E-state index contributed by atoms with van der Waals surface area (Å²) in [6.07, 6.45) is 3.94. The van der Waals surface area contributed by atoms with E-state index in [0.29, 0.717) is 25.5 Å². The van der Waals surface area contributed by atoms with E-state index in [1.165, 1.54) is 0 Å². The third-order valence-electron chi connectivity index (χ3n) is 3.12. The molecule has 2 heterocycles. The summed E-state index contributed by atoms with van der Waals surface area (Å²) >= 11 is 0. The Morgan fingerprint density at radius 2 is 2.26 bits per heavy atom. The van der Waals surface area contributed by atoms with Crippen LogP contribution in [0.1, 0.15) is 6.42 Å². The Kier molecular flexibility index (Phi) is 4.28. The number of hydrogen-bond donors (Lipinski definition) is 3. The van der Waals surface area contributed by atoms with E-state index < -0.39 is 5.60 Å². The van der Waals surface area contributed by atoms with E-state index in [1.807, 2.05) is 4.90 Å². The zero-order valence-corrected chi connectivity index (χ0v) is 11.0. The molecular formula is C12H19N5O2. The van der Waals surface area contributed by atoms with E-state index >= 15 is 0 Å². The number of hydrogen-bond acceptors (Lipinski definition) is 6. The van der Waals surface area contributed by atoms with Crippen molar-refractivity contribution in [1.29, 1.82) is 0 Å². The van der Waals surface area contributed by atoms with Crippen LogP contribution in [-0.2, 0) is 4.79 Å². The van der Waals surface area contributed by atoms with Crippen LogP contribution in [0.4, 0.5) is 5.95 Å². The van der Waals surface area contributed by atoms with Gasteiger partial charge in [0.1, 0.15) is 5.60 Å². The highest BCUT2D eigenvalue weighted by atomic mass is 16.3. The Hall–Kier alpha value is -1.73. The zero-order chi connectivity index (χ0) is 13.7.